The van der Waals surface area contributed by atoms with Crippen molar-refractivity contribution in [2.45, 2.75) is 30.6 Å². The van der Waals surface area contributed by atoms with Gasteiger partial charge in [0.1, 0.15) is 30.5 Å². The number of aliphatic hydroxyl groups excluding tert-OH is 2. The lowest BCUT2D eigenvalue weighted by Crippen LogP contribution is -2.48. The Bertz CT molecular complexity index is 505. The highest BCUT2D eigenvalue weighted by atomic mass is 16.6. The van der Waals surface area contributed by atoms with Gasteiger partial charge in [0.2, 0.25) is 0 Å². The Morgan fingerprint density at radius 3 is 3.00 bits per heavy atom. The number of rotatable bonds is 3. The van der Waals surface area contributed by atoms with Crippen LogP contribution in [-0.4, -0.2) is 83.8 Å². The zero-order valence-electron chi connectivity index (χ0n) is 10.7. The lowest BCUT2D eigenvalue weighted by Gasteiger charge is -2.26. The number of hydrogen-bond donors (Lipinski definition) is 2. The molecule has 3 heterocycles. The SMILES string of the molecule is COCC1OC(N2C=NC3C(=O)N=CN=C32)C(O)C1O. The lowest BCUT2D eigenvalue weighted by atomic mass is 10.1. The molecule has 20 heavy (non-hydrogen) atoms. The number of amidine groups is 1. The monoisotopic (exact) mass is 282 g/mol. The van der Waals surface area contributed by atoms with Crippen LogP contribution in [0.4, 0.5) is 0 Å². The van der Waals surface area contributed by atoms with Crippen LogP contribution in [0.2, 0.25) is 0 Å². The quantitative estimate of drug-likeness (QED) is 0.604. The van der Waals surface area contributed by atoms with E-state index in [0.717, 1.165) is 6.34 Å². The second-order valence-corrected chi connectivity index (χ2v) is 4.65. The number of aliphatic imine (C=N–C) groups is 3. The first kappa shape index (κ1) is 13.3. The van der Waals surface area contributed by atoms with Crippen molar-refractivity contribution in [2.75, 3.05) is 13.7 Å². The van der Waals surface area contributed by atoms with Crippen LogP contribution in [0.15, 0.2) is 15.0 Å². The largest absolute Gasteiger partial charge is 0.387 e. The molecular weight excluding hydrogens is 268 g/mol. The minimum atomic E-state index is -1.16. The normalized spacial score (nSPS) is 39.4. The lowest BCUT2D eigenvalue weighted by molar-refractivity contribution is -0.117. The second kappa shape index (κ2) is 5.02. The maximum atomic E-state index is 11.6. The molecule has 9 heteroatoms. The standard InChI is InChI=1S/C11H14N4O5/c1-19-2-5-7(16)8(17)11(20-5)15-4-14-6-9(15)12-3-13-10(6)18/h3-8,11,16-17H,2H2,1H3. The third-order valence-electron chi connectivity index (χ3n) is 3.40. The first-order chi connectivity index (χ1) is 9.63. The molecule has 5 unspecified atom stereocenters. The van der Waals surface area contributed by atoms with Crippen LogP contribution in [0.1, 0.15) is 0 Å². The highest BCUT2D eigenvalue weighted by Crippen LogP contribution is 2.27. The molecule has 3 aliphatic rings. The van der Waals surface area contributed by atoms with Gasteiger partial charge in [-0.3, -0.25) is 14.7 Å². The van der Waals surface area contributed by atoms with E-state index in [1.807, 2.05) is 0 Å². The zero-order valence-corrected chi connectivity index (χ0v) is 10.7. The molecule has 5 atom stereocenters. The Labute approximate surface area is 114 Å². The molecule has 0 spiro atoms. The van der Waals surface area contributed by atoms with Gasteiger partial charge in [-0.25, -0.2) is 4.99 Å². The predicted octanol–water partition coefficient (Wildman–Crippen LogP) is -2.24. The Morgan fingerprint density at radius 1 is 1.45 bits per heavy atom. The summed E-state index contributed by atoms with van der Waals surface area (Å²) in [6.07, 6.45) is -1.25. The van der Waals surface area contributed by atoms with Gasteiger partial charge in [-0.2, -0.15) is 4.99 Å². The van der Waals surface area contributed by atoms with E-state index in [0.29, 0.717) is 5.84 Å². The van der Waals surface area contributed by atoms with Gasteiger partial charge >= 0.3 is 0 Å². The van der Waals surface area contributed by atoms with Crippen molar-refractivity contribution in [2.24, 2.45) is 15.0 Å². The van der Waals surface area contributed by atoms with Gasteiger partial charge in [-0.1, -0.05) is 0 Å². The summed E-state index contributed by atoms with van der Waals surface area (Å²) in [5, 5.41) is 20.0. The number of hydrogen-bond acceptors (Lipinski definition) is 8. The molecule has 3 rings (SSSR count). The van der Waals surface area contributed by atoms with Gasteiger partial charge in [0, 0.05) is 7.11 Å². The molecule has 0 aromatic heterocycles. The minimum absolute atomic E-state index is 0.149. The topological polar surface area (TPSA) is 116 Å². The highest BCUT2D eigenvalue weighted by molar-refractivity contribution is 6.19. The molecule has 0 bridgehead atoms. The molecule has 3 aliphatic heterocycles. The van der Waals surface area contributed by atoms with E-state index in [9.17, 15) is 15.0 Å². The third-order valence-corrected chi connectivity index (χ3v) is 3.40. The van der Waals surface area contributed by atoms with E-state index in [2.05, 4.69) is 15.0 Å². The minimum Gasteiger partial charge on any atom is -0.387 e. The number of aliphatic hydroxyl groups is 2. The molecule has 0 aromatic rings. The average molecular weight is 282 g/mol. The fourth-order valence-electron chi connectivity index (χ4n) is 2.39. The summed E-state index contributed by atoms with van der Waals surface area (Å²) in [6, 6.07) is -0.797. The van der Waals surface area contributed by atoms with Crippen molar-refractivity contribution in [1.82, 2.24) is 4.90 Å². The van der Waals surface area contributed by atoms with Gasteiger partial charge in [0.15, 0.2) is 12.3 Å². The van der Waals surface area contributed by atoms with E-state index in [1.165, 1.54) is 18.3 Å². The summed E-state index contributed by atoms with van der Waals surface area (Å²) in [5.74, 6) is -0.0884. The molecule has 0 aromatic carbocycles. The molecule has 0 aliphatic carbocycles. The van der Waals surface area contributed by atoms with Gasteiger partial charge < -0.3 is 19.7 Å². The zero-order chi connectivity index (χ0) is 14.3. The van der Waals surface area contributed by atoms with Gasteiger partial charge in [0.05, 0.1) is 12.9 Å². The van der Waals surface area contributed by atoms with Crippen molar-refractivity contribution in [3.63, 3.8) is 0 Å². The van der Waals surface area contributed by atoms with E-state index < -0.39 is 36.5 Å². The molecule has 0 radical (unpaired) electrons. The number of nitrogens with zero attached hydrogens (tertiary/aromatic N) is 4. The summed E-state index contributed by atoms with van der Waals surface area (Å²) in [6.45, 7) is 0.149. The smallest absolute Gasteiger partial charge is 0.279 e. The van der Waals surface area contributed by atoms with E-state index in [-0.39, 0.29) is 6.61 Å². The van der Waals surface area contributed by atoms with E-state index >= 15 is 0 Å². The van der Waals surface area contributed by atoms with Crippen LogP contribution < -0.4 is 0 Å². The van der Waals surface area contributed by atoms with Crippen molar-refractivity contribution >= 4 is 24.4 Å². The number of ether oxygens (including phenoxy) is 2. The van der Waals surface area contributed by atoms with Crippen LogP contribution in [0.5, 0.6) is 0 Å². The van der Waals surface area contributed by atoms with Gasteiger partial charge in [-0.05, 0) is 0 Å². The highest BCUT2D eigenvalue weighted by Gasteiger charge is 2.49. The summed E-state index contributed by atoms with van der Waals surface area (Å²) in [4.78, 5) is 24.5. The van der Waals surface area contributed by atoms with Crippen LogP contribution in [-0.2, 0) is 14.3 Å². The molecule has 1 saturated heterocycles. The van der Waals surface area contributed by atoms with Crippen LogP contribution in [0.3, 0.4) is 0 Å². The van der Waals surface area contributed by atoms with Gasteiger partial charge in [0.25, 0.3) is 5.91 Å². The number of fused-ring (bicyclic) bond motifs is 1. The van der Waals surface area contributed by atoms with Crippen LogP contribution in [0, 0.1) is 0 Å². The maximum absolute atomic E-state index is 11.6. The molecule has 9 nitrogen and oxygen atoms in total. The van der Waals surface area contributed by atoms with Crippen LogP contribution in [0.25, 0.3) is 0 Å². The number of methoxy groups -OCH3 is 1. The van der Waals surface area contributed by atoms with Crippen LogP contribution >= 0.6 is 0 Å². The number of carbonyl (C=O) groups excluding carboxylic acids is 1. The number of amides is 1. The van der Waals surface area contributed by atoms with E-state index in [4.69, 9.17) is 9.47 Å². The third kappa shape index (κ3) is 1.95. The Hall–Kier alpha value is -1.68. The fraction of sp³-hybridized carbons (Fsp3) is 0.636. The molecule has 0 saturated carbocycles. The summed E-state index contributed by atoms with van der Waals surface area (Å²) >= 11 is 0. The van der Waals surface area contributed by atoms with Crippen molar-refractivity contribution in [1.29, 1.82) is 0 Å². The maximum Gasteiger partial charge on any atom is 0.279 e. The van der Waals surface area contributed by atoms with Crippen molar-refractivity contribution in [3.8, 4) is 0 Å². The first-order valence-corrected chi connectivity index (χ1v) is 6.09. The summed E-state index contributed by atoms with van der Waals surface area (Å²) in [7, 11) is 1.48. The Kier molecular flexibility index (Phi) is 3.34. The van der Waals surface area contributed by atoms with Crippen molar-refractivity contribution in [3.05, 3.63) is 0 Å². The fourth-order valence-corrected chi connectivity index (χ4v) is 2.39. The molecule has 1 amide bonds. The molecule has 108 valence electrons. The second-order valence-electron chi connectivity index (χ2n) is 4.65. The molecular formula is C11H14N4O5. The van der Waals surface area contributed by atoms with E-state index in [1.54, 1.807) is 0 Å². The Morgan fingerprint density at radius 2 is 2.25 bits per heavy atom. The first-order valence-electron chi connectivity index (χ1n) is 6.09. The summed E-state index contributed by atoms with van der Waals surface area (Å²) in [5.41, 5.74) is 0. The number of carbonyl (C=O) groups is 1. The van der Waals surface area contributed by atoms with Crippen molar-refractivity contribution < 1.29 is 24.5 Å². The predicted molar refractivity (Wildman–Crippen MR) is 67.6 cm³/mol. The molecule has 2 N–H and O–H groups in total. The molecule has 1 fully saturated rings. The Balaban J connectivity index is 1.81. The van der Waals surface area contributed by atoms with Gasteiger partial charge in [-0.15, -0.1) is 0 Å². The summed E-state index contributed by atoms with van der Waals surface area (Å²) < 4.78 is 10.5. The average Bonchev–Trinajstić information content (AvgIpc) is 2.97.